The third-order valence-corrected chi connectivity index (χ3v) is 4.50. The molecular formula is C22H18O. The number of aryl methyl sites for hydroxylation is 1. The zero-order chi connectivity index (χ0) is 15.8. The molecule has 0 bridgehead atoms. The second kappa shape index (κ2) is 5.44. The largest absolute Gasteiger partial charge is 0.496 e. The van der Waals surface area contributed by atoms with Crippen molar-refractivity contribution in [1.82, 2.24) is 0 Å². The second-order valence-corrected chi connectivity index (χ2v) is 5.87. The van der Waals surface area contributed by atoms with Crippen LogP contribution in [0.3, 0.4) is 0 Å². The van der Waals surface area contributed by atoms with Crippen molar-refractivity contribution in [2.45, 2.75) is 6.92 Å². The zero-order valence-corrected chi connectivity index (χ0v) is 13.3. The lowest BCUT2D eigenvalue weighted by atomic mass is 9.94. The fraction of sp³-hybridized carbons (Fsp3) is 0.0909. The van der Waals surface area contributed by atoms with E-state index in [0.717, 1.165) is 11.3 Å². The van der Waals surface area contributed by atoms with Crippen molar-refractivity contribution in [2.24, 2.45) is 0 Å². The lowest BCUT2D eigenvalue weighted by molar-refractivity contribution is 0.417. The Kier molecular flexibility index (Phi) is 3.27. The van der Waals surface area contributed by atoms with Crippen LogP contribution < -0.4 is 4.74 Å². The maximum atomic E-state index is 5.65. The summed E-state index contributed by atoms with van der Waals surface area (Å²) in [6.45, 7) is 2.16. The van der Waals surface area contributed by atoms with Gasteiger partial charge in [0, 0.05) is 5.56 Å². The number of methoxy groups -OCH3 is 1. The van der Waals surface area contributed by atoms with Gasteiger partial charge in [-0.25, -0.2) is 0 Å². The van der Waals surface area contributed by atoms with Crippen LogP contribution >= 0.6 is 0 Å². The molecule has 0 saturated carbocycles. The van der Waals surface area contributed by atoms with Crippen LogP contribution in [0.4, 0.5) is 0 Å². The number of ether oxygens (including phenoxy) is 1. The fourth-order valence-electron chi connectivity index (χ4n) is 3.30. The van der Waals surface area contributed by atoms with Gasteiger partial charge < -0.3 is 4.74 Å². The lowest BCUT2D eigenvalue weighted by Crippen LogP contribution is -1.90. The van der Waals surface area contributed by atoms with Gasteiger partial charge in [0.15, 0.2) is 0 Å². The summed E-state index contributed by atoms with van der Waals surface area (Å²) >= 11 is 0. The summed E-state index contributed by atoms with van der Waals surface area (Å²) in [5.41, 5.74) is 3.65. The van der Waals surface area contributed by atoms with Crippen molar-refractivity contribution < 1.29 is 4.74 Å². The second-order valence-electron chi connectivity index (χ2n) is 5.87. The average Bonchev–Trinajstić information content (AvgIpc) is 2.61. The Morgan fingerprint density at radius 2 is 1.43 bits per heavy atom. The summed E-state index contributed by atoms with van der Waals surface area (Å²) in [6.07, 6.45) is 0. The van der Waals surface area contributed by atoms with Crippen molar-refractivity contribution in [3.05, 3.63) is 78.4 Å². The molecule has 0 aromatic heterocycles. The molecule has 4 aromatic carbocycles. The van der Waals surface area contributed by atoms with E-state index in [2.05, 4.69) is 79.7 Å². The molecule has 0 fully saturated rings. The van der Waals surface area contributed by atoms with Gasteiger partial charge in [-0.1, -0.05) is 60.7 Å². The average molecular weight is 298 g/mol. The highest BCUT2D eigenvalue weighted by molar-refractivity contribution is 6.02. The SMILES string of the molecule is COc1ccc2ccccc2c1-c1ccc2cccc(C)c2c1. The Hall–Kier alpha value is -2.80. The smallest absolute Gasteiger partial charge is 0.127 e. The molecule has 0 amide bonds. The molecule has 0 unspecified atom stereocenters. The summed E-state index contributed by atoms with van der Waals surface area (Å²) in [7, 11) is 1.74. The molecule has 0 aliphatic carbocycles. The van der Waals surface area contributed by atoms with E-state index in [1.54, 1.807) is 7.11 Å². The minimum absolute atomic E-state index is 0.914. The van der Waals surface area contributed by atoms with Crippen molar-refractivity contribution in [3.8, 4) is 16.9 Å². The molecule has 1 heteroatoms. The van der Waals surface area contributed by atoms with E-state index in [1.165, 1.54) is 32.7 Å². The minimum atomic E-state index is 0.914. The van der Waals surface area contributed by atoms with Gasteiger partial charge in [0.1, 0.15) is 5.75 Å². The fourth-order valence-corrected chi connectivity index (χ4v) is 3.30. The van der Waals surface area contributed by atoms with Crippen LogP contribution in [0.2, 0.25) is 0 Å². The topological polar surface area (TPSA) is 9.23 Å². The molecule has 23 heavy (non-hydrogen) atoms. The lowest BCUT2D eigenvalue weighted by Gasteiger charge is -2.13. The molecule has 0 atom stereocenters. The number of hydrogen-bond acceptors (Lipinski definition) is 1. The molecule has 4 rings (SSSR count). The van der Waals surface area contributed by atoms with Crippen molar-refractivity contribution >= 4 is 21.5 Å². The summed E-state index contributed by atoms with van der Waals surface area (Å²) in [5.74, 6) is 0.914. The van der Waals surface area contributed by atoms with Crippen LogP contribution in [0.25, 0.3) is 32.7 Å². The van der Waals surface area contributed by atoms with Crippen LogP contribution in [0.15, 0.2) is 72.8 Å². The zero-order valence-electron chi connectivity index (χ0n) is 13.3. The van der Waals surface area contributed by atoms with E-state index in [4.69, 9.17) is 4.74 Å². The van der Waals surface area contributed by atoms with Crippen LogP contribution in [-0.2, 0) is 0 Å². The van der Waals surface area contributed by atoms with Gasteiger partial charge in [-0.15, -0.1) is 0 Å². The highest BCUT2D eigenvalue weighted by Crippen LogP contribution is 2.38. The van der Waals surface area contributed by atoms with Crippen molar-refractivity contribution in [1.29, 1.82) is 0 Å². The highest BCUT2D eigenvalue weighted by Gasteiger charge is 2.11. The predicted molar refractivity (Wildman–Crippen MR) is 98.2 cm³/mol. The molecule has 1 nitrogen and oxygen atoms in total. The molecule has 0 spiro atoms. The van der Waals surface area contributed by atoms with E-state index in [0.29, 0.717) is 0 Å². The maximum Gasteiger partial charge on any atom is 0.127 e. The molecule has 0 heterocycles. The Labute approximate surface area is 136 Å². The van der Waals surface area contributed by atoms with Gasteiger partial charge in [0.25, 0.3) is 0 Å². The Balaban J connectivity index is 2.07. The normalized spacial score (nSPS) is 11.0. The van der Waals surface area contributed by atoms with E-state index < -0.39 is 0 Å². The first-order chi connectivity index (χ1) is 11.3. The Morgan fingerprint density at radius 3 is 2.30 bits per heavy atom. The van der Waals surface area contributed by atoms with E-state index in [9.17, 15) is 0 Å². The number of rotatable bonds is 2. The van der Waals surface area contributed by atoms with Gasteiger partial charge in [0.05, 0.1) is 7.11 Å². The van der Waals surface area contributed by atoms with Crippen molar-refractivity contribution in [3.63, 3.8) is 0 Å². The monoisotopic (exact) mass is 298 g/mol. The molecule has 0 saturated heterocycles. The number of hydrogen-bond donors (Lipinski definition) is 0. The van der Waals surface area contributed by atoms with E-state index in [-0.39, 0.29) is 0 Å². The summed E-state index contributed by atoms with van der Waals surface area (Å²) in [5, 5.41) is 5.01. The Bertz CT molecular complexity index is 1010. The van der Waals surface area contributed by atoms with Gasteiger partial charge in [-0.05, 0) is 51.7 Å². The van der Waals surface area contributed by atoms with Crippen LogP contribution in [0.1, 0.15) is 5.56 Å². The van der Waals surface area contributed by atoms with E-state index in [1.807, 2.05) is 0 Å². The first-order valence-electron chi connectivity index (χ1n) is 7.83. The van der Waals surface area contributed by atoms with Gasteiger partial charge in [-0.2, -0.15) is 0 Å². The molecular weight excluding hydrogens is 280 g/mol. The first kappa shape index (κ1) is 13.8. The quantitative estimate of drug-likeness (QED) is 0.442. The molecule has 112 valence electrons. The third-order valence-electron chi connectivity index (χ3n) is 4.50. The predicted octanol–water partition coefficient (Wildman–Crippen LogP) is 5.98. The van der Waals surface area contributed by atoms with Crippen molar-refractivity contribution in [2.75, 3.05) is 7.11 Å². The standard InChI is InChI=1S/C22H18O/c1-15-6-5-8-17-10-11-18(14-20(15)17)22-19-9-4-3-7-16(19)12-13-21(22)23-2/h3-14H,1-2H3. The highest BCUT2D eigenvalue weighted by atomic mass is 16.5. The van der Waals surface area contributed by atoms with Gasteiger partial charge in [0.2, 0.25) is 0 Å². The molecule has 4 aromatic rings. The summed E-state index contributed by atoms with van der Waals surface area (Å²) in [4.78, 5) is 0. The summed E-state index contributed by atoms with van der Waals surface area (Å²) in [6, 6.07) is 25.7. The van der Waals surface area contributed by atoms with Crippen LogP contribution in [0.5, 0.6) is 5.75 Å². The molecule has 0 aliphatic heterocycles. The van der Waals surface area contributed by atoms with Crippen LogP contribution in [-0.4, -0.2) is 7.11 Å². The third kappa shape index (κ3) is 2.25. The molecule has 0 radical (unpaired) electrons. The van der Waals surface area contributed by atoms with Gasteiger partial charge in [-0.3, -0.25) is 0 Å². The number of fused-ring (bicyclic) bond motifs is 2. The van der Waals surface area contributed by atoms with Gasteiger partial charge >= 0.3 is 0 Å². The summed E-state index contributed by atoms with van der Waals surface area (Å²) < 4.78 is 5.65. The molecule has 0 aliphatic rings. The maximum absolute atomic E-state index is 5.65. The number of benzene rings is 4. The Morgan fingerprint density at radius 1 is 0.696 bits per heavy atom. The molecule has 0 N–H and O–H groups in total. The van der Waals surface area contributed by atoms with Crippen LogP contribution in [0, 0.1) is 6.92 Å². The first-order valence-corrected chi connectivity index (χ1v) is 7.83. The minimum Gasteiger partial charge on any atom is -0.496 e. The van der Waals surface area contributed by atoms with E-state index >= 15 is 0 Å².